The number of aryl methyl sites for hydroxylation is 1. The van der Waals surface area contributed by atoms with Gasteiger partial charge < -0.3 is 10.2 Å². The Morgan fingerprint density at radius 3 is 2.89 bits per heavy atom. The molecule has 1 N–H and O–H groups in total. The molecular weight excluding hydrogens is 292 g/mol. The summed E-state index contributed by atoms with van der Waals surface area (Å²) in [4.78, 5) is 14.4. The molecule has 1 saturated heterocycles. The van der Waals surface area contributed by atoms with Crippen LogP contribution in [-0.2, 0) is 0 Å². The van der Waals surface area contributed by atoms with Gasteiger partial charge in [-0.2, -0.15) is 0 Å². The molecule has 3 nitrogen and oxygen atoms in total. The minimum Gasteiger partial charge on any atom is -0.350 e. The number of carbonyl (C=O) groups excluding carboxylic acids is 1. The summed E-state index contributed by atoms with van der Waals surface area (Å²) in [5.74, 6) is 0.0136. The molecule has 4 heteroatoms. The van der Waals surface area contributed by atoms with Crippen molar-refractivity contribution in [2.45, 2.75) is 25.8 Å². The van der Waals surface area contributed by atoms with Crippen LogP contribution in [0.5, 0.6) is 0 Å². The number of carbonyl (C=O) groups is 1. The molecule has 1 aliphatic rings. The molecule has 1 heterocycles. The Morgan fingerprint density at radius 1 is 1.50 bits per heavy atom. The number of likely N-dealkylation sites (N-methyl/N-ethyl adjacent to an activating group) is 1. The average molecular weight is 311 g/mol. The van der Waals surface area contributed by atoms with Crippen LogP contribution < -0.4 is 5.32 Å². The van der Waals surface area contributed by atoms with Crippen molar-refractivity contribution in [1.82, 2.24) is 10.2 Å². The first-order chi connectivity index (χ1) is 8.56. The number of hydrogen-bond donors (Lipinski definition) is 1. The van der Waals surface area contributed by atoms with Crippen LogP contribution in [0.1, 0.15) is 28.8 Å². The van der Waals surface area contributed by atoms with Crippen LogP contribution in [0.25, 0.3) is 0 Å². The van der Waals surface area contributed by atoms with Crippen LogP contribution >= 0.6 is 15.9 Å². The molecule has 1 unspecified atom stereocenters. The van der Waals surface area contributed by atoms with E-state index < -0.39 is 0 Å². The molecule has 2 rings (SSSR count). The molecular formula is C14H19BrN2O. The van der Waals surface area contributed by atoms with Crippen molar-refractivity contribution in [2.24, 2.45) is 0 Å². The highest BCUT2D eigenvalue weighted by molar-refractivity contribution is 9.10. The molecule has 1 aliphatic heterocycles. The fourth-order valence-corrected chi connectivity index (χ4v) is 3.02. The number of nitrogens with one attached hydrogen (secondary N) is 1. The van der Waals surface area contributed by atoms with E-state index in [0.29, 0.717) is 6.04 Å². The van der Waals surface area contributed by atoms with Gasteiger partial charge in [0, 0.05) is 22.6 Å². The second kappa shape index (κ2) is 5.85. The monoisotopic (exact) mass is 310 g/mol. The van der Waals surface area contributed by atoms with Gasteiger partial charge in [0.2, 0.25) is 0 Å². The van der Waals surface area contributed by atoms with Gasteiger partial charge in [-0.25, -0.2) is 0 Å². The average Bonchev–Trinajstić information content (AvgIpc) is 2.70. The standard InChI is InChI=1S/C14H19BrN2O/c1-10-6-11(8-12(15)7-10)14(18)16-9-13-4-3-5-17(13)2/h6-8,13H,3-5,9H2,1-2H3,(H,16,18). The van der Waals surface area contributed by atoms with Gasteiger partial charge in [0.15, 0.2) is 0 Å². The lowest BCUT2D eigenvalue weighted by Gasteiger charge is -2.19. The molecule has 0 spiro atoms. The molecule has 0 aliphatic carbocycles. The molecule has 0 saturated carbocycles. The second-order valence-corrected chi connectivity index (χ2v) is 5.92. The predicted molar refractivity (Wildman–Crippen MR) is 76.9 cm³/mol. The Bertz CT molecular complexity index is 427. The zero-order valence-electron chi connectivity index (χ0n) is 10.9. The third kappa shape index (κ3) is 3.33. The van der Waals surface area contributed by atoms with Gasteiger partial charge in [-0.1, -0.05) is 15.9 Å². The fraction of sp³-hybridized carbons (Fsp3) is 0.500. The van der Waals surface area contributed by atoms with Gasteiger partial charge in [-0.05, 0) is 57.1 Å². The summed E-state index contributed by atoms with van der Waals surface area (Å²) >= 11 is 3.42. The Morgan fingerprint density at radius 2 is 2.28 bits per heavy atom. The first-order valence-corrected chi connectivity index (χ1v) is 7.11. The molecule has 0 bridgehead atoms. The maximum atomic E-state index is 12.1. The van der Waals surface area contributed by atoms with Crippen LogP contribution in [0.2, 0.25) is 0 Å². The molecule has 1 atom stereocenters. The lowest BCUT2D eigenvalue weighted by atomic mass is 10.1. The highest BCUT2D eigenvalue weighted by Gasteiger charge is 2.21. The van der Waals surface area contributed by atoms with Gasteiger partial charge >= 0.3 is 0 Å². The molecule has 98 valence electrons. The van der Waals surface area contributed by atoms with Crippen LogP contribution in [0.15, 0.2) is 22.7 Å². The van der Waals surface area contributed by atoms with Crippen molar-refractivity contribution in [1.29, 1.82) is 0 Å². The molecule has 1 aromatic carbocycles. The summed E-state index contributed by atoms with van der Waals surface area (Å²) in [7, 11) is 2.12. The Balaban J connectivity index is 1.95. The first kappa shape index (κ1) is 13.6. The van der Waals surface area contributed by atoms with Crippen LogP contribution in [0.3, 0.4) is 0 Å². The quantitative estimate of drug-likeness (QED) is 0.930. The van der Waals surface area contributed by atoms with Gasteiger partial charge in [0.05, 0.1) is 0 Å². The largest absolute Gasteiger partial charge is 0.350 e. The smallest absolute Gasteiger partial charge is 0.251 e. The minimum absolute atomic E-state index is 0.0136. The number of benzene rings is 1. The lowest BCUT2D eigenvalue weighted by molar-refractivity contribution is 0.0943. The molecule has 1 amide bonds. The summed E-state index contributed by atoms with van der Waals surface area (Å²) in [5.41, 5.74) is 1.81. The van der Waals surface area contributed by atoms with E-state index in [9.17, 15) is 4.79 Å². The summed E-state index contributed by atoms with van der Waals surface area (Å²) in [6.07, 6.45) is 2.40. The maximum absolute atomic E-state index is 12.1. The Kier molecular flexibility index (Phi) is 4.40. The highest BCUT2D eigenvalue weighted by atomic mass is 79.9. The summed E-state index contributed by atoms with van der Waals surface area (Å²) < 4.78 is 0.950. The summed E-state index contributed by atoms with van der Waals surface area (Å²) in [6.45, 7) is 3.86. The van der Waals surface area contributed by atoms with Crippen molar-refractivity contribution in [3.05, 3.63) is 33.8 Å². The van der Waals surface area contributed by atoms with Crippen molar-refractivity contribution in [3.63, 3.8) is 0 Å². The van der Waals surface area contributed by atoms with Crippen molar-refractivity contribution in [3.8, 4) is 0 Å². The van der Waals surface area contributed by atoms with Crippen LogP contribution in [0, 0.1) is 6.92 Å². The van der Waals surface area contributed by atoms with E-state index in [1.807, 2.05) is 25.1 Å². The number of rotatable bonds is 3. The number of nitrogens with zero attached hydrogens (tertiary/aromatic N) is 1. The summed E-state index contributed by atoms with van der Waals surface area (Å²) in [6, 6.07) is 6.27. The van der Waals surface area contributed by atoms with E-state index in [1.54, 1.807) is 0 Å². The molecule has 0 radical (unpaired) electrons. The SMILES string of the molecule is Cc1cc(Br)cc(C(=O)NCC2CCCN2C)c1. The van der Waals surface area contributed by atoms with Crippen molar-refractivity contribution >= 4 is 21.8 Å². The van der Waals surface area contributed by atoms with Gasteiger partial charge in [0.1, 0.15) is 0 Å². The molecule has 1 aromatic rings. The van der Waals surface area contributed by atoms with E-state index in [0.717, 1.165) is 28.7 Å². The lowest BCUT2D eigenvalue weighted by Crippen LogP contribution is -2.38. The molecule has 0 aromatic heterocycles. The molecule has 1 fully saturated rings. The number of hydrogen-bond acceptors (Lipinski definition) is 2. The third-order valence-corrected chi connectivity index (χ3v) is 3.93. The van der Waals surface area contributed by atoms with E-state index in [2.05, 4.69) is 33.2 Å². The number of amides is 1. The second-order valence-electron chi connectivity index (χ2n) is 5.00. The van der Waals surface area contributed by atoms with E-state index in [1.165, 1.54) is 12.8 Å². The number of likely N-dealkylation sites (tertiary alicyclic amines) is 1. The van der Waals surface area contributed by atoms with Crippen molar-refractivity contribution in [2.75, 3.05) is 20.1 Å². The van der Waals surface area contributed by atoms with E-state index in [-0.39, 0.29) is 5.91 Å². The van der Waals surface area contributed by atoms with Gasteiger partial charge in [-0.3, -0.25) is 4.79 Å². The van der Waals surface area contributed by atoms with Gasteiger partial charge in [0.25, 0.3) is 5.91 Å². The Labute approximate surface area is 117 Å². The fourth-order valence-electron chi connectivity index (χ4n) is 2.42. The first-order valence-electron chi connectivity index (χ1n) is 6.32. The molecule has 18 heavy (non-hydrogen) atoms. The third-order valence-electron chi connectivity index (χ3n) is 3.47. The van der Waals surface area contributed by atoms with E-state index >= 15 is 0 Å². The summed E-state index contributed by atoms with van der Waals surface area (Å²) in [5, 5.41) is 3.02. The maximum Gasteiger partial charge on any atom is 0.251 e. The Hall–Kier alpha value is -0.870. The zero-order valence-corrected chi connectivity index (χ0v) is 12.5. The van der Waals surface area contributed by atoms with Crippen LogP contribution in [-0.4, -0.2) is 37.0 Å². The van der Waals surface area contributed by atoms with Gasteiger partial charge in [-0.15, -0.1) is 0 Å². The van der Waals surface area contributed by atoms with E-state index in [4.69, 9.17) is 0 Å². The minimum atomic E-state index is 0.0136. The van der Waals surface area contributed by atoms with Crippen molar-refractivity contribution < 1.29 is 4.79 Å². The topological polar surface area (TPSA) is 32.3 Å². The highest BCUT2D eigenvalue weighted by Crippen LogP contribution is 2.16. The number of halogens is 1. The predicted octanol–water partition coefficient (Wildman–Crippen LogP) is 2.58. The normalized spacial score (nSPS) is 20.1. The zero-order chi connectivity index (χ0) is 13.1. The van der Waals surface area contributed by atoms with Crippen LogP contribution in [0.4, 0.5) is 0 Å².